The van der Waals surface area contributed by atoms with Gasteiger partial charge in [-0.25, -0.2) is 18.9 Å². The van der Waals surface area contributed by atoms with Crippen molar-refractivity contribution in [2.75, 3.05) is 52.5 Å². The molecule has 2 saturated heterocycles. The van der Waals surface area contributed by atoms with Gasteiger partial charge in [0, 0.05) is 74.4 Å². The van der Waals surface area contributed by atoms with Crippen LogP contribution in [-0.4, -0.2) is 97.2 Å². The fourth-order valence-electron chi connectivity index (χ4n) is 7.05. The highest BCUT2D eigenvalue weighted by molar-refractivity contribution is 5.98. The molecule has 2 aromatic carbocycles. The maximum Gasteiger partial charge on any atom is 0.168 e. The summed E-state index contributed by atoms with van der Waals surface area (Å²) in [6.07, 6.45) is 9.40. The lowest BCUT2D eigenvalue weighted by atomic mass is 10.0. The topological polar surface area (TPSA) is 93.7 Å². The Morgan fingerprint density at radius 2 is 1.64 bits per heavy atom. The summed E-state index contributed by atoms with van der Waals surface area (Å²) >= 11 is 0. The SMILES string of the molecule is O=C(Cc1cn2nc(-c3c(-c4ccc(F)cc4)ncn3C3CCN(CCN4CCOCC4)CC3)ccc2n1)c1cccc(-c2cccnc2)c1. The molecule has 0 spiro atoms. The van der Waals surface area contributed by atoms with E-state index in [1.165, 1.54) is 12.1 Å². The first kappa shape index (κ1) is 32.1. The van der Waals surface area contributed by atoms with Crippen LogP contribution < -0.4 is 0 Å². The number of Topliss-reactive ketones (excluding diaryl/α,β-unsaturated/α-hetero) is 1. The Labute approximate surface area is 290 Å². The number of hydrogen-bond donors (Lipinski definition) is 0. The Bertz CT molecular complexity index is 2080. The number of imidazole rings is 2. The lowest BCUT2D eigenvalue weighted by Gasteiger charge is -2.35. The maximum atomic E-state index is 13.9. The highest BCUT2D eigenvalue weighted by Gasteiger charge is 2.26. The molecule has 0 radical (unpaired) electrons. The third kappa shape index (κ3) is 6.98. The molecule has 8 rings (SSSR count). The molecule has 2 fully saturated rings. The number of likely N-dealkylation sites (tertiary alicyclic amines) is 1. The van der Waals surface area contributed by atoms with Gasteiger partial charge in [-0.3, -0.25) is 14.7 Å². The van der Waals surface area contributed by atoms with Crippen LogP contribution in [0.5, 0.6) is 0 Å². The van der Waals surface area contributed by atoms with Crippen molar-refractivity contribution in [3.05, 3.63) is 115 Å². The molecule has 0 N–H and O–H groups in total. The zero-order valence-corrected chi connectivity index (χ0v) is 27.9. The van der Waals surface area contributed by atoms with Crippen molar-refractivity contribution in [2.24, 2.45) is 0 Å². The number of pyridine rings is 1. The molecular formula is C39H39FN8O2. The second-order valence-electron chi connectivity index (χ2n) is 13.1. The van der Waals surface area contributed by atoms with Crippen LogP contribution in [0.4, 0.5) is 4.39 Å². The molecule has 0 aliphatic carbocycles. The van der Waals surface area contributed by atoms with E-state index in [1.54, 1.807) is 29.0 Å². The van der Waals surface area contributed by atoms with Crippen molar-refractivity contribution in [3.63, 3.8) is 0 Å². The van der Waals surface area contributed by atoms with Gasteiger partial charge in [-0.2, -0.15) is 5.10 Å². The van der Waals surface area contributed by atoms with Gasteiger partial charge in [0.2, 0.25) is 0 Å². The number of halogens is 1. The Hall–Kier alpha value is -5.10. The summed E-state index contributed by atoms with van der Waals surface area (Å²) in [5.41, 5.74) is 7.04. The minimum absolute atomic E-state index is 0.0210. The van der Waals surface area contributed by atoms with E-state index in [2.05, 4.69) is 19.4 Å². The average Bonchev–Trinajstić information content (AvgIpc) is 3.79. The molecule has 0 atom stereocenters. The number of carbonyl (C=O) groups is 1. The van der Waals surface area contributed by atoms with Gasteiger partial charge in [0.1, 0.15) is 11.5 Å². The molecule has 10 nitrogen and oxygen atoms in total. The predicted octanol–water partition coefficient (Wildman–Crippen LogP) is 5.86. The van der Waals surface area contributed by atoms with Gasteiger partial charge >= 0.3 is 0 Å². The molecule has 0 amide bonds. The van der Waals surface area contributed by atoms with Crippen LogP contribution in [0.15, 0.2) is 97.7 Å². The molecule has 11 heteroatoms. The van der Waals surface area contributed by atoms with Gasteiger partial charge < -0.3 is 14.2 Å². The Morgan fingerprint density at radius 1 is 0.860 bits per heavy atom. The van der Waals surface area contributed by atoms with Gasteiger partial charge in [-0.1, -0.05) is 24.3 Å². The molecule has 254 valence electrons. The fraction of sp³-hybridized carbons (Fsp3) is 0.308. The lowest BCUT2D eigenvalue weighted by Crippen LogP contribution is -2.43. The molecule has 50 heavy (non-hydrogen) atoms. The van der Waals surface area contributed by atoms with Crippen LogP contribution >= 0.6 is 0 Å². The van der Waals surface area contributed by atoms with Crippen LogP contribution in [-0.2, 0) is 11.2 Å². The van der Waals surface area contributed by atoms with Crippen molar-refractivity contribution in [1.29, 1.82) is 0 Å². The molecule has 2 aliphatic rings. The van der Waals surface area contributed by atoms with Crippen LogP contribution in [0.1, 0.15) is 34.9 Å². The quantitative estimate of drug-likeness (QED) is 0.168. The number of ketones is 1. The number of ether oxygens (including phenoxy) is 1. The van der Waals surface area contributed by atoms with Gasteiger partial charge in [0.25, 0.3) is 0 Å². The van der Waals surface area contributed by atoms with Gasteiger partial charge in [0.15, 0.2) is 11.4 Å². The van der Waals surface area contributed by atoms with Crippen molar-refractivity contribution in [2.45, 2.75) is 25.3 Å². The van der Waals surface area contributed by atoms with Crippen molar-refractivity contribution < 1.29 is 13.9 Å². The summed E-state index contributed by atoms with van der Waals surface area (Å²) in [5, 5.41) is 5.00. The van der Waals surface area contributed by atoms with Crippen molar-refractivity contribution in [1.82, 2.24) is 38.9 Å². The molecule has 6 heterocycles. The molecule has 4 aromatic heterocycles. The first-order valence-corrected chi connectivity index (χ1v) is 17.3. The first-order chi connectivity index (χ1) is 24.6. The van der Waals surface area contributed by atoms with Crippen LogP contribution in [0.25, 0.3) is 39.4 Å². The van der Waals surface area contributed by atoms with Gasteiger partial charge in [-0.05, 0) is 66.9 Å². The van der Waals surface area contributed by atoms with Crippen molar-refractivity contribution in [3.8, 4) is 33.8 Å². The maximum absolute atomic E-state index is 13.9. The van der Waals surface area contributed by atoms with Gasteiger partial charge in [-0.15, -0.1) is 0 Å². The van der Waals surface area contributed by atoms with E-state index in [0.717, 1.165) is 99.1 Å². The third-order valence-electron chi connectivity index (χ3n) is 9.83. The highest BCUT2D eigenvalue weighted by atomic mass is 19.1. The normalized spacial score (nSPS) is 16.3. The second-order valence-corrected chi connectivity index (χ2v) is 13.1. The largest absolute Gasteiger partial charge is 0.379 e. The number of fused-ring (bicyclic) bond motifs is 1. The van der Waals surface area contributed by atoms with Crippen LogP contribution in [0.3, 0.4) is 0 Å². The molecular weight excluding hydrogens is 631 g/mol. The Kier molecular flexibility index (Phi) is 9.25. The number of benzene rings is 2. The molecule has 0 saturated carbocycles. The minimum atomic E-state index is -0.289. The smallest absolute Gasteiger partial charge is 0.168 e. The predicted molar refractivity (Wildman–Crippen MR) is 189 cm³/mol. The Balaban J connectivity index is 1.04. The first-order valence-electron chi connectivity index (χ1n) is 17.3. The van der Waals surface area contributed by atoms with E-state index < -0.39 is 0 Å². The number of piperidine rings is 1. The van der Waals surface area contributed by atoms with Crippen molar-refractivity contribution >= 4 is 11.4 Å². The van der Waals surface area contributed by atoms with E-state index in [-0.39, 0.29) is 24.1 Å². The number of hydrogen-bond acceptors (Lipinski definition) is 8. The summed E-state index contributed by atoms with van der Waals surface area (Å²) in [6, 6.07) is 22.1. The van der Waals surface area contributed by atoms with Gasteiger partial charge in [0.05, 0.1) is 49.2 Å². The highest BCUT2D eigenvalue weighted by Crippen LogP contribution is 2.35. The van der Waals surface area contributed by atoms with E-state index >= 15 is 0 Å². The van der Waals surface area contributed by atoms with E-state index in [0.29, 0.717) is 16.9 Å². The third-order valence-corrected chi connectivity index (χ3v) is 9.83. The Morgan fingerprint density at radius 3 is 2.42 bits per heavy atom. The molecule has 6 aromatic rings. The number of nitrogens with zero attached hydrogens (tertiary/aromatic N) is 8. The average molecular weight is 671 g/mol. The van der Waals surface area contributed by atoms with E-state index in [1.807, 2.05) is 61.1 Å². The van der Waals surface area contributed by atoms with E-state index in [4.69, 9.17) is 19.8 Å². The standard InChI is InChI=1S/C39H39FN8O2/c40-32-8-6-28(7-9-32)38-39(47(27-42-38)34-12-15-45(16-13-34)17-18-46-19-21-50-22-20-46)35-10-11-37-43-33(26-48(37)44-35)24-36(49)30-4-1-3-29(23-30)31-5-2-14-41-25-31/h1-11,14,23,25-27,34H,12-13,15-22,24H2. The molecule has 0 bridgehead atoms. The number of rotatable bonds is 10. The summed E-state index contributed by atoms with van der Waals surface area (Å²) in [4.78, 5) is 32.2. The number of carbonyl (C=O) groups excluding carboxylic acids is 1. The van der Waals surface area contributed by atoms with Crippen LogP contribution in [0.2, 0.25) is 0 Å². The summed E-state index contributed by atoms with van der Waals surface area (Å²) < 4.78 is 23.4. The second kappa shape index (κ2) is 14.4. The number of aromatic nitrogens is 6. The monoisotopic (exact) mass is 670 g/mol. The summed E-state index contributed by atoms with van der Waals surface area (Å²) in [6.45, 7) is 7.80. The lowest BCUT2D eigenvalue weighted by molar-refractivity contribution is 0.0316. The zero-order valence-electron chi connectivity index (χ0n) is 27.9. The van der Waals surface area contributed by atoms with E-state index in [9.17, 15) is 9.18 Å². The summed E-state index contributed by atoms with van der Waals surface area (Å²) in [5.74, 6) is -0.310. The number of morpholine rings is 1. The summed E-state index contributed by atoms with van der Waals surface area (Å²) in [7, 11) is 0. The molecule has 0 unspecified atom stereocenters. The van der Waals surface area contributed by atoms with Crippen LogP contribution in [0, 0.1) is 5.82 Å². The molecule has 2 aliphatic heterocycles. The minimum Gasteiger partial charge on any atom is -0.379 e. The fourth-order valence-corrected chi connectivity index (χ4v) is 7.05. The zero-order chi connectivity index (χ0) is 33.9.